The van der Waals surface area contributed by atoms with Gasteiger partial charge >= 0.3 is 0 Å². The van der Waals surface area contributed by atoms with E-state index >= 15 is 0 Å². The van der Waals surface area contributed by atoms with Crippen LogP contribution in [0.2, 0.25) is 0 Å². The molecule has 0 saturated carbocycles. The highest BCUT2D eigenvalue weighted by Gasteiger charge is 2.28. The summed E-state index contributed by atoms with van der Waals surface area (Å²) in [7, 11) is 6.06. The van der Waals surface area contributed by atoms with Crippen molar-refractivity contribution >= 4 is 22.9 Å². The average molecular weight is 275 g/mol. The largest absolute Gasteiger partial charge is 0.357 e. The van der Waals surface area contributed by atoms with Crippen molar-refractivity contribution in [2.45, 2.75) is 18.9 Å². The van der Waals surface area contributed by atoms with Crippen LogP contribution in [0.5, 0.6) is 0 Å². The maximum atomic E-state index is 4.65. The maximum absolute atomic E-state index is 4.65. The van der Waals surface area contributed by atoms with Crippen molar-refractivity contribution in [2.75, 3.05) is 44.4 Å². The van der Waals surface area contributed by atoms with E-state index in [1.807, 2.05) is 7.05 Å². The molecule has 2 N–H and O–H groups in total. The standard InChI is InChI=1S/C13H21N7/c1-14-13-17-11-10(15-8-16-11)12(18-13)20-6-4-5-9(20)7-19(2)3/h8-9H,4-7H2,1-3H3,(H2,14,15,16,17,18). The van der Waals surface area contributed by atoms with Crippen LogP contribution in [0.15, 0.2) is 6.33 Å². The van der Waals surface area contributed by atoms with Gasteiger partial charge in [-0.1, -0.05) is 0 Å². The van der Waals surface area contributed by atoms with Crippen molar-refractivity contribution in [1.82, 2.24) is 24.8 Å². The molecule has 1 saturated heterocycles. The fourth-order valence-electron chi connectivity index (χ4n) is 2.86. The number of anilines is 2. The molecule has 1 unspecified atom stereocenters. The molecule has 2 aromatic heterocycles. The van der Waals surface area contributed by atoms with Gasteiger partial charge in [-0.15, -0.1) is 0 Å². The van der Waals surface area contributed by atoms with Crippen molar-refractivity contribution in [3.63, 3.8) is 0 Å². The second-order valence-corrected chi connectivity index (χ2v) is 5.47. The van der Waals surface area contributed by atoms with Gasteiger partial charge in [-0.3, -0.25) is 0 Å². The van der Waals surface area contributed by atoms with Crippen molar-refractivity contribution in [3.8, 4) is 0 Å². The van der Waals surface area contributed by atoms with Gasteiger partial charge < -0.3 is 20.1 Å². The Labute approximate surface area is 118 Å². The molecule has 1 aliphatic heterocycles. The molecule has 20 heavy (non-hydrogen) atoms. The van der Waals surface area contributed by atoms with Gasteiger partial charge in [-0.25, -0.2) is 4.98 Å². The molecule has 7 heteroatoms. The molecule has 0 aliphatic carbocycles. The van der Waals surface area contributed by atoms with Crippen molar-refractivity contribution in [2.24, 2.45) is 0 Å². The topological polar surface area (TPSA) is 73.0 Å². The molecule has 1 atom stereocenters. The Bertz CT molecular complexity index is 591. The highest BCUT2D eigenvalue weighted by molar-refractivity contribution is 5.84. The van der Waals surface area contributed by atoms with E-state index in [1.54, 1.807) is 6.33 Å². The van der Waals surface area contributed by atoms with Gasteiger partial charge in [0.25, 0.3) is 0 Å². The highest BCUT2D eigenvalue weighted by atomic mass is 15.3. The maximum Gasteiger partial charge on any atom is 0.226 e. The molecule has 0 spiro atoms. The van der Waals surface area contributed by atoms with Crippen LogP contribution in [0.3, 0.4) is 0 Å². The number of rotatable bonds is 4. The molecule has 7 nitrogen and oxygen atoms in total. The summed E-state index contributed by atoms with van der Waals surface area (Å²) < 4.78 is 0. The number of aromatic nitrogens is 4. The predicted octanol–water partition coefficient (Wildman–Crippen LogP) is 0.925. The Morgan fingerprint density at radius 3 is 3.05 bits per heavy atom. The van der Waals surface area contributed by atoms with E-state index < -0.39 is 0 Å². The molecule has 3 heterocycles. The van der Waals surface area contributed by atoms with E-state index in [-0.39, 0.29) is 0 Å². The smallest absolute Gasteiger partial charge is 0.226 e. The first-order chi connectivity index (χ1) is 9.69. The summed E-state index contributed by atoms with van der Waals surface area (Å²) in [6, 6.07) is 0.496. The number of imidazole rings is 1. The van der Waals surface area contributed by atoms with Gasteiger partial charge in [-0.05, 0) is 26.9 Å². The number of nitrogens with one attached hydrogen (secondary N) is 2. The predicted molar refractivity (Wildman–Crippen MR) is 80.2 cm³/mol. The van der Waals surface area contributed by atoms with E-state index in [0.717, 1.165) is 30.1 Å². The Balaban J connectivity index is 2.01. The number of hydrogen-bond acceptors (Lipinski definition) is 6. The van der Waals surface area contributed by atoms with Crippen molar-refractivity contribution in [1.29, 1.82) is 0 Å². The van der Waals surface area contributed by atoms with Crippen LogP contribution in [-0.2, 0) is 0 Å². The summed E-state index contributed by atoms with van der Waals surface area (Å²) in [6.45, 7) is 2.07. The van der Waals surface area contributed by atoms with Crippen LogP contribution >= 0.6 is 0 Å². The van der Waals surface area contributed by atoms with Gasteiger partial charge in [0, 0.05) is 26.2 Å². The summed E-state index contributed by atoms with van der Waals surface area (Å²) >= 11 is 0. The number of nitrogens with zero attached hydrogens (tertiary/aromatic N) is 5. The lowest BCUT2D eigenvalue weighted by Crippen LogP contribution is -2.38. The van der Waals surface area contributed by atoms with E-state index in [4.69, 9.17) is 0 Å². The Kier molecular flexibility index (Phi) is 3.43. The highest BCUT2D eigenvalue weighted by Crippen LogP contribution is 2.29. The summed E-state index contributed by atoms with van der Waals surface area (Å²) in [5.41, 5.74) is 1.64. The third-order valence-electron chi connectivity index (χ3n) is 3.72. The van der Waals surface area contributed by atoms with Gasteiger partial charge in [0.15, 0.2) is 11.5 Å². The van der Waals surface area contributed by atoms with Gasteiger partial charge in [0.2, 0.25) is 5.95 Å². The average Bonchev–Trinajstić information content (AvgIpc) is 3.05. The Morgan fingerprint density at radius 2 is 2.30 bits per heavy atom. The molecule has 2 aromatic rings. The molecule has 0 amide bonds. The normalized spacial score (nSPS) is 19.2. The molecule has 0 bridgehead atoms. The first-order valence-corrected chi connectivity index (χ1v) is 6.99. The number of fused-ring (bicyclic) bond motifs is 1. The van der Waals surface area contributed by atoms with Gasteiger partial charge in [0.05, 0.1) is 6.33 Å². The fraction of sp³-hybridized carbons (Fsp3) is 0.615. The molecule has 0 radical (unpaired) electrons. The van der Waals surface area contributed by atoms with E-state index in [2.05, 4.69) is 49.1 Å². The van der Waals surface area contributed by atoms with Gasteiger partial charge in [0.1, 0.15) is 5.52 Å². The van der Waals surface area contributed by atoms with Crippen LogP contribution in [0.4, 0.5) is 11.8 Å². The van der Waals surface area contributed by atoms with Crippen LogP contribution < -0.4 is 10.2 Å². The molecule has 1 aliphatic rings. The Morgan fingerprint density at radius 1 is 1.45 bits per heavy atom. The minimum absolute atomic E-state index is 0.496. The first-order valence-electron chi connectivity index (χ1n) is 6.99. The lowest BCUT2D eigenvalue weighted by atomic mass is 10.2. The third-order valence-corrected chi connectivity index (χ3v) is 3.72. The number of likely N-dealkylation sites (N-methyl/N-ethyl adjacent to an activating group) is 1. The fourth-order valence-corrected chi connectivity index (χ4v) is 2.86. The molecular weight excluding hydrogens is 254 g/mol. The Hall–Kier alpha value is -1.89. The molecule has 3 rings (SSSR count). The van der Waals surface area contributed by atoms with Crippen molar-refractivity contribution < 1.29 is 0 Å². The zero-order valence-corrected chi connectivity index (χ0v) is 12.2. The van der Waals surface area contributed by atoms with Crippen LogP contribution in [-0.4, -0.2) is 65.1 Å². The number of hydrogen-bond donors (Lipinski definition) is 2. The number of aromatic amines is 1. The summed E-state index contributed by atoms with van der Waals surface area (Å²) in [4.78, 5) is 21.1. The lowest BCUT2D eigenvalue weighted by Gasteiger charge is -2.28. The van der Waals surface area contributed by atoms with Crippen LogP contribution in [0.1, 0.15) is 12.8 Å². The minimum Gasteiger partial charge on any atom is -0.357 e. The second-order valence-electron chi connectivity index (χ2n) is 5.47. The summed E-state index contributed by atoms with van der Waals surface area (Å²) in [5.74, 6) is 1.58. The minimum atomic E-state index is 0.496. The lowest BCUT2D eigenvalue weighted by molar-refractivity contribution is 0.371. The van der Waals surface area contributed by atoms with E-state index in [0.29, 0.717) is 12.0 Å². The zero-order chi connectivity index (χ0) is 14.1. The monoisotopic (exact) mass is 275 g/mol. The molecule has 108 valence electrons. The van der Waals surface area contributed by atoms with Crippen LogP contribution in [0.25, 0.3) is 11.2 Å². The quantitative estimate of drug-likeness (QED) is 0.864. The first kappa shape index (κ1) is 13.1. The molecule has 0 aromatic carbocycles. The second kappa shape index (κ2) is 5.24. The third kappa shape index (κ3) is 2.29. The van der Waals surface area contributed by atoms with Crippen LogP contribution in [0, 0.1) is 0 Å². The summed E-state index contributed by atoms with van der Waals surface area (Å²) in [6.07, 6.45) is 4.08. The van der Waals surface area contributed by atoms with E-state index in [9.17, 15) is 0 Å². The number of H-pyrrole nitrogens is 1. The molecule has 1 fully saturated rings. The van der Waals surface area contributed by atoms with Crippen molar-refractivity contribution in [3.05, 3.63) is 6.33 Å². The SMILES string of the molecule is CNc1nc(N2CCCC2CN(C)C)c2[nH]cnc2n1. The van der Waals surface area contributed by atoms with E-state index in [1.165, 1.54) is 12.8 Å². The zero-order valence-electron chi connectivity index (χ0n) is 12.2. The summed E-state index contributed by atoms with van der Waals surface area (Å²) in [5, 5.41) is 3.02. The van der Waals surface area contributed by atoms with Gasteiger partial charge in [-0.2, -0.15) is 9.97 Å². The molecular formula is C13H21N7.